The Hall–Kier alpha value is -2.10. The van der Waals surface area contributed by atoms with E-state index in [1.807, 2.05) is 18.2 Å². The lowest BCUT2D eigenvalue weighted by Gasteiger charge is -1.99. The van der Waals surface area contributed by atoms with Crippen LogP contribution in [0.3, 0.4) is 0 Å². The molecule has 0 aliphatic carbocycles. The topological polar surface area (TPSA) is 51.2 Å². The Bertz CT molecular complexity index is 410. The Morgan fingerprint density at radius 3 is 3.07 bits per heavy atom. The summed E-state index contributed by atoms with van der Waals surface area (Å²) in [6.45, 7) is 0.589. The smallest absolute Gasteiger partial charge is 0.344 e. The molecule has 1 aliphatic heterocycles. The first kappa shape index (κ1) is 9.45. The van der Waals surface area contributed by atoms with Crippen molar-refractivity contribution in [2.75, 3.05) is 0 Å². The van der Waals surface area contributed by atoms with Crippen molar-refractivity contribution in [1.29, 1.82) is 0 Å². The first-order valence-electron chi connectivity index (χ1n) is 4.57. The van der Waals surface area contributed by atoms with E-state index in [4.69, 9.17) is 0 Å². The molecule has 76 valence electrons. The van der Waals surface area contributed by atoms with Crippen molar-refractivity contribution in [3.05, 3.63) is 54.2 Å². The molecule has 0 spiro atoms. The van der Waals surface area contributed by atoms with Gasteiger partial charge in [-0.3, -0.25) is 4.98 Å². The minimum absolute atomic E-state index is 0.330. The molecule has 0 bridgehead atoms. The summed E-state index contributed by atoms with van der Waals surface area (Å²) in [7, 11) is 0. The second-order valence-electron chi connectivity index (χ2n) is 3.01. The van der Waals surface area contributed by atoms with Crippen molar-refractivity contribution < 1.29 is 9.53 Å². The van der Waals surface area contributed by atoms with Gasteiger partial charge in [-0.1, -0.05) is 6.07 Å². The molecule has 1 aliphatic rings. The highest BCUT2D eigenvalue weighted by Crippen LogP contribution is 2.07. The summed E-state index contributed by atoms with van der Waals surface area (Å²) in [5.74, 6) is -0.330. The van der Waals surface area contributed by atoms with Crippen LogP contribution in [0, 0.1) is 0 Å². The molecule has 0 atom stereocenters. The summed E-state index contributed by atoms with van der Waals surface area (Å²) >= 11 is 0. The molecule has 1 N–H and O–H groups in total. The van der Waals surface area contributed by atoms with E-state index in [0.717, 1.165) is 5.69 Å². The van der Waals surface area contributed by atoms with Crippen LogP contribution in [-0.4, -0.2) is 11.0 Å². The average molecular weight is 202 g/mol. The zero-order chi connectivity index (χ0) is 10.5. The van der Waals surface area contributed by atoms with E-state index in [-0.39, 0.29) is 5.97 Å². The third-order valence-electron chi connectivity index (χ3n) is 1.93. The number of rotatable bonds is 3. The van der Waals surface area contributed by atoms with Gasteiger partial charge >= 0.3 is 5.97 Å². The Kier molecular flexibility index (Phi) is 2.78. The van der Waals surface area contributed by atoms with Crippen molar-refractivity contribution in [2.45, 2.75) is 6.54 Å². The molecule has 0 fully saturated rings. The Labute approximate surface area is 87.3 Å². The number of nitrogens with zero attached hydrogens (tertiary/aromatic N) is 1. The Balaban J connectivity index is 1.90. The molecular formula is C11H10N2O2. The van der Waals surface area contributed by atoms with Crippen LogP contribution in [-0.2, 0) is 16.1 Å². The van der Waals surface area contributed by atoms with Crippen LogP contribution in [0.5, 0.6) is 0 Å². The molecule has 0 saturated carbocycles. The standard InChI is InChI=1S/C11H10N2O2/c14-11-9(4-6-15-11)7-12-8-10-3-1-2-5-13-10/h1-7,12H,8H2. The third kappa shape index (κ3) is 2.43. The molecule has 2 rings (SSSR count). The fourth-order valence-electron chi connectivity index (χ4n) is 1.18. The number of carbonyl (C=O) groups is 1. The van der Waals surface area contributed by atoms with Crippen LogP contribution >= 0.6 is 0 Å². The fraction of sp³-hybridized carbons (Fsp3) is 0.0909. The van der Waals surface area contributed by atoms with Gasteiger partial charge in [0.25, 0.3) is 0 Å². The zero-order valence-corrected chi connectivity index (χ0v) is 8.01. The number of carbonyl (C=O) groups excluding carboxylic acids is 1. The normalized spacial score (nSPS) is 16.8. The van der Waals surface area contributed by atoms with E-state index < -0.39 is 0 Å². The van der Waals surface area contributed by atoms with E-state index in [9.17, 15) is 4.79 Å². The van der Waals surface area contributed by atoms with E-state index in [2.05, 4.69) is 15.0 Å². The number of cyclic esters (lactones) is 1. The van der Waals surface area contributed by atoms with Crippen LogP contribution in [0.25, 0.3) is 0 Å². The first-order chi connectivity index (χ1) is 7.36. The van der Waals surface area contributed by atoms with Crippen molar-refractivity contribution in [1.82, 2.24) is 10.3 Å². The first-order valence-corrected chi connectivity index (χ1v) is 4.57. The second kappa shape index (κ2) is 4.41. The predicted molar refractivity (Wildman–Crippen MR) is 54.4 cm³/mol. The number of nitrogens with one attached hydrogen (secondary N) is 1. The number of pyridine rings is 1. The lowest BCUT2D eigenvalue weighted by molar-refractivity contribution is -0.132. The Morgan fingerprint density at radius 1 is 1.47 bits per heavy atom. The van der Waals surface area contributed by atoms with Crippen LogP contribution in [0.15, 0.2) is 48.5 Å². The van der Waals surface area contributed by atoms with Gasteiger partial charge in [0.2, 0.25) is 0 Å². The second-order valence-corrected chi connectivity index (χ2v) is 3.01. The van der Waals surface area contributed by atoms with Gasteiger partial charge in [-0.25, -0.2) is 4.79 Å². The monoisotopic (exact) mass is 202 g/mol. The molecule has 0 unspecified atom stereocenters. The summed E-state index contributed by atoms with van der Waals surface area (Å²) in [5.41, 5.74) is 1.44. The lowest BCUT2D eigenvalue weighted by atomic mass is 10.3. The molecule has 1 aromatic rings. The molecule has 0 saturated heterocycles. The highest BCUT2D eigenvalue weighted by Gasteiger charge is 2.11. The van der Waals surface area contributed by atoms with Crippen molar-refractivity contribution in [3.63, 3.8) is 0 Å². The minimum atomic E-state index is -0.330. The third-order valence-corrected chi connectivity index (χ3v) is 1.93. The number of ether oxygens (including phenoxy) is 1. The van der Waals surface area contributed by atoms with Gasteiger partial charge in [0.1, 0.15) is 0 Å². The molecule has 0 radical (unpaired) electrons. The van der Waals surface area contributed by atoms with Gasteiger partial charge in [-0.05, 0) is 18.2 Å². The van der Waals surface area contributed by atoms with Gasteiger partial charge in [-0.15, -0.1) is 0 Å². The summed E-state index contributed by atoms with van der Waals surface area (Å²) in [4.78, 5) is 15.1. The Morgan fingerprint density at radius 2 is 2.40 bits per heavy atom. The molecule has 2 heterocycles. The molecule has 4 heteroatoms. The van der Waals surface area contributed by atoms with Gasteiger partial charge in [0.05, 0.1) is 24.1 Å². The van der Waals surface area contributed by atoms with Gasteiger partial charge in [0.15, 0.2) is 0 Å². The van der Waals surface area contributed by atoms with E-state index in [1.54, 1.807) is 18.5 Å². The maximum atomic E-state index is 11.0. The van der Waals surface area contributed by atoms with Crippen LogP contribution in [0.4, 0.5) is 0 Å². The maximum absolute atomic E-state index is 11.0. The molecule has 1 aromatic heterocycles. The molecule has 4 nitrogen and oxygen atoms in total. The number of hydrogen-bond acceptors (Lipinski definition) is 4. The molecule has 15 heavy (non-hydrogen) atoms. The summed E-state index contributed by atoms with van der Waals surface area (Å²) < 4.78 is 4.62. The van der Waals surface area contributed by atoms with Crippen LogP contribution in [0.1, 0.15) is 5.69 Å². The summed E-state index contributed by atoms with van der Waals surface area (Å²) in [6, 6.07) is 5.69. The summed E-state index contributed by atoms with van der Waals surface area (Å²) in [5, 5.41) is 3.00. The van der Waals surface area contributed by atoms with Crippen molar-refractivity contribution in [3.8, 4) is 0 Å². The fourth-order valence-corrected chi connectivity index (χ4v) is 1.18. The molecule has 0 aromatic carbocycles. The van der Waals surface area contributed by atoms with E-state index in [1.165, 1.54) is 6.26 Å². The number of esters is 1. The van der Waals surface area contributed by atoms with Crippen molar-refractivity contribution >= 4 is 5.97 Å². The summed E-state index contributed by atoms with van der Waals surface area (Å²) in [6.07, 6.45) is 6.35. The molecular weight excluding hydrogens is 192 g/mol. The van der Waals surface area contributed by atoms with Gasteiger partial charge < -0.3 is 10.1 Å². The number of aromatic nitrogens is 1. The van der Waals surface area contributed by atoms with Crippen LogP contribution < -0.4 is 5.32 Å². The van der Waals surface area contributed by atoms with Gasteiger partial charge in [0, 0.05) is 12.4 Å². The highest BCUT2D eigenvalue weighted by atomic mass is 16.5. The predicted octanol–water partition coefficient (Wildman–Crippen LogP) is 1.13. The highest BCUT2D eigenvalue weighted by molar-refractivity contribution is 5.93. The minimum Gasteiger partial charge on any atom is -0.431 e. The van der Waals surface area contributed by atoms with E-state index in [0.29, 0.717) is 12.1 Å². The largest absolute Gasteiger partial charge is 0.431 e. The van der Waals surface area contributed by atoms with E-state index >= 15 is 0 Å². The van der Waals surface area contributed by atoms with Gasteiger partial charge in [-0.2, -0.15) is 0 Å². The SMILES string of the molecule is O=C1OC=CC1=CNCc1ccccn1. The van der Waals surface area contributed by atoms with Crippen LogP contribution in [0.2, 0.25) is 0 Å². The van der Waals surface area contributed by atoms with Crippen molar-refractivity contribution in [2.24, 2.45) is 0 Å². The average Bonchev–Trinajstić information content (AvgIpc) is 2.66. The molecule has 0 amide bonds. The number of hydrogen-bond donors (Lipinski definition) is 1. The quantitative estimate of drug-likeness (QED) is 0.589. The zero-order valence-electron chi connectivity index (χ0n) is 8.01. The lowest BCUT2D eigenvalue weighted by Crippen LogP contribution is -2.09. The maximum Gasteiger partial charge on any atom is 0.344 e.